The Kier molecular flexibility index (Phi) is 61.8. The van der Waals surface area contributed by atoms with E-state index in [2.05, 4.69) is 20.8 Å². The van der Waals surface area contributed by atoms with Gasteiger partial charge in [0.25, 0.3) is 0 Å². The minimum Gasteiger partial charge on any atom is -0.186 e. The van der Waals surface area contributed by atoms with Gasteiger partial charge in [0.2, 0.25) is 0 Å². The van der Waals surface area contributed by atoms with E-state index in [0.29, 0.717) is 0 Å². The first-order valence-corrected chi connectivity index (χ1v) is 3.09. The van der Waals surface area contributed by atoms with Gasteiger partial charge in [-0.25, -0.2) is 0 Å². The van der Waals surface area contributed by atoms with E-state index >= 15 is 0 Å². The van der Waals surface area contributed by atoms with Crippen molar-refractivity contribution >= 4 is 12.3 Å². The molecule has 0 rings (SSSR count). The Bertz CT molecular complexity index is 105. The zero-order valence-electron chi connectivity index (χ0n) is 6.92. The summed E-state index contributed by atoms with van der Waals surface area (Å²) in [4.78, 5) is 32.5. The molecule has 12 heavy (non-hydrogen) atoms. The van der Waals surface area contributed by atoms with Gasteiger partial charge in [-0.15, -0.1) is 0 Å². The van der Waals surface area contributed by atoms with E-state index < -0.39 is 0 Å². The molecule has 0 heterocycles. The van der Waals surface area contributed by atoms with E-state index in [1.165, 1.54) is 6.42 Å². The molecule has 0 bridgehead atoms. The standard InChI is InChI=1S/C5H12.2CO2.CH4/c1-4-5(2)3;2*2-1-3;/h5H,4H2,1-3H3;;;1H4. The summed E-state index contributed by atoms with van der Waals surface area (Å²) in [7, 11) is 0. The van der Waals surface area contributed by atoms with Gasteiger partial charge in [0, 0.05) is 0 Å². The lowest BCUT2D eigenvalue weighted by atomic mass is 10.2. The second-order valence-electron chi connectivity index (χ2n) is 1.97. The first-order valence-electron chi connectivity index (χ1n) is 3.09. The van der Waals surface area contributed by atoms with Crippen LogP contribution in [-0.4, -0.2) is 12.3 Å². The Labute approximate surface area is 73.0 Å². The molecule has 4 nitrogen and oxygen atoms in total. The van der Waals surface area contributed by atoms with Crippen molar-refractivity contribution in [1.82, 2.24) is 0 Å². The fourth-order valence-corrected chi connectivity index (χ4v) is 0. The maximum atomic E-state index is 8.12. The molecule has 0 saturated heterocycles. The summed E-state index contributed by atoms with van der Waals surface area (Å²) >= 11 is 0. The van der Waals surface area contributed by atoms with Crippen molar-refractivity contribution in [2.45, 2.75) is 34.6 Å². The first-order chi connectivity index (χ1) is 5.10. The van der Waals surface area contributed by atoms with E-state index in [-0.39, 0.29) is 19.7 Å². The molecule has 0 aromatic heterocycles. The highest BCUT2D eigenvalue weighted by Gasteiger charge is 1.80. The molecule has 0 N–H and O–H groups in total. The third kappa shape index (κ3) is 913. The number of rotatable bonds is 1. The molecule has 0 aliphatic heterocycles. The zero-order valence-corrected chi connectivity index (χ0v) is 6.92. The lowest BCUT2D eigenvalue weighted by Crippen LogP contribution is -1.77. The predicted octanol–water partition coefficient (Wildman–Crippen LogP) is 1.52. The molecule has 0 aliphatic rings. The molecule has 4 heteroatoms. The summed E-state index contributed by atoms with van der Waals surface area (Å²) in [6.07, 6.45) is 1.81. The highest BCUT2D eigenvalue weighted by Crippen LogP contribution is 1.93. The molecule has 0 unspecified atom stereocenters. The Morgan fingerprint density at radius 3 is 1.08 bits per heavy atom. The molecule has 72 valence electrons. The summed E-state index contributed by atoms with van der Waals surface area (Å²) in [5.41, 5.74) is 0. The van der Waals surface area contributed by atoms with Crippen LogP contribution in [0.2, 0.25) is 0 Å². The fourth-order valence-electron chi connectivity index (χ4n) is 0. The van der Waals surface area contributed by atoms with Crippen molar-refractivity contribution in [1.29, 1.82) is 0 Å². The second-order valence-corrected chi connectivity index (χ2v) is 1.97. The van der Waals surface area contributed by atoms with Crippen molar-refractivity contribution in [3.63, 3.8) is 0 Å². The summed E-state index contributed by atoms with van der Waals surface area (Å²) in [5.74, 6) is 0.884. The van der Waals surface area contributed by atoms with Crippen LogP contribution >= 0.6 is 0 Å². The summed E-state index contributed by atoms with van der Waals surface area (Å²) in [5, 5.41) is 0. The lowest BCUT2D eigenvalue weighted by Gasteiger charge is -1.90. The third-order valence-electron chi connectivity index (χ3n) is 0.816. The van der Waals surface area contributed by atoms with Crippen LogP contribution in [0.1, 0.15) is 34.6 Å². The highest BCUT2D eigenvalue weighted by molar-refractivity contribution is 5.20. The van der Waals surface area contributed by atoms with Gasteiger partial charge in [0.15, 0.2) is 0 Å². The van der Waals surface area contributed by atoms with Crippen LogP contribution < -0.4 is 0 Å². The number of hydrogen-bond donors (Lipinski definition) is 0. The average molecular weight is 176 g/mol. The topological polar surface area (TPSA) is 68.3 Å². The second kappa shape index (κ2) is 33.1. The van der Waals surface area contributed by atoms with E-state index in [9.17, 15) is 0 Å². The molecule has 0 saturated carbocycles. The van der Waals surface area contributed by atoms with Crippen LogP contribution in [-0.2, 0) is 19.2 Å². The lowest BCUT2D eigenvalue weighted by molar-refractivity contribution is -0.193. The van der Waals surface area contributed by atoms with Crippen LogP contribution in [0, 0.1) is 5.92 Å². The maximum Gasteiger partial charge on any atom is 0.373 e. The van der Waals surface area contributed by atoms with Gasteiger partial charge in [-0.05, 0) is 5.92 Å². The molecule has 0 aromatic rings. The smallest absolute Gasteiger partial charge is 0.186 e. The Morgan fingerprint density at radius 1 is 1.00 bits per heavy atom. The van der Waals surface area contributed by atoms with E-state index in [4.69, 9.17) is 19.2 Å². The molecule has 0 fully saturated rings. The van der Waals surface area contributed by atoms with E-state index in [1.54, 1.807) is 0 Å². The Morgan fingerprint density at radius 2 is 1.08 bits per heavy atom. The number of hydrogen-bond acceptors (Lipinski definition) is 4. The normalized spacial score (nSPS) is 5.33. The average Bonchev–Trinajstić information content (AvgIpc) is 1.91. The van der Waals surface area contributed by atoms with Gasteiger partial charge < -0.3 is 0 Å². The Balaban J connectivity index is -0.0000000406. The van der Waals surface area contributed by atoms with Crippen molar-refractivity contribution < 1.29 is 19.2 Å². The molecule has 0 radical (unpaired) electrons. The molecule has 0 aromatic carbocycles. The van der Waals surface area contributed by atoms with Gasteiger partial charge in [0.05, 0.1) is 0 Å². The predicted molar refractivity (Wildman–Crippen MR) is 41.9 cm³/mol. The van der Waals surface area contributed by atoms with Gasteiger partial charge in [-0.1, -0.05) is 34.6 Å². The monoisotopic (exact) mass is 176 g/mol. The molecular formula is C8H16O4. The van der Waals surface area contributed by atoms with Gasteiger partial charge in [0.1, 0.15) is 0 Å². The van der Waals surface area contributed by atoms with E-state index in [1.807, 2.05) is 0 Å². The van der Waals surface area contributed by atoms with E-state index in [0.717, 1.165) is 5.92 Å². The minimum atomic E-state index is 0. The summed E-state index contributed by atoms with van der Waals surface area (Å²) in [6, 6.07) is 0. The number of carbonyl (C=O) groups excluding carboxylic acids is 4. The van der Waals surface area contributed by atoms with Crippen molar-refractivity contribution in [3.05, 3.63) is 0 Å². The fraction of sp³-hybridized carbons (Fsp3) is 0.750. The van der Waals surface area contributed by atoms with Crippen LogP contribution in [0.25, 0.3) is 0 Å². The van der Waals surface area contributed by atoms with Crippen LogP contribution in [0.3, 0.4) is 0 Å². The summed E-state index contributed by atoms with van der Waals surface area (Å²) in [6.45, 7) is 6.64. The van der Waals surface area contributed by atoms with Crippen molar-refractivity contribution in [2.24, 2.45) is 5.92 Å². The summed E-state index contributed by atoms with van der Waals surface area (Å²) < 4.78 is 0. The third-order valence-corrected chi connectivity index (χ3v) is 0.816. The van der Waals surface area contributed by atoms with Gasteiger partial charge in [-0.3, -0.25) is 0 Å². The molecular weight excluding hydrogens is 160 g/mol. The SMILES string of the molecule is C.CCC(C)C.O=C=O.O=C=O. The molecule has 0 atom stereocenters. The molecule has 0 amide bonds. The maximum absolute atomic E-state index is 8.12. The van der Waals surface area contributed by atoms with Crippen LogP contribution in [0.4, 0.5) is 0 Å². The molecule has 0 aliphatic carbocycles. The first kappa shape index (κ1) is 22.4. The van der Waals surface area contributed by atoms with Crippen LogP contribution in [0.5, 0.6) is 0 Å². The zero-order chi connectivity index (χ0) is 9.70. The highest BCUT2D eigenvalue weighted by atomic mass is 16.2. The largest absolute Gasteiger partial charge is 0.373 e. The van der Waals surface area contributed by atoms with Crippen LogP contribution in [0.15, 0.2) is 0 Å². The quantitative estimate of drug-likeness (QED) is 0.607. The minimum absolute atomic E-state index is 0. The van der Waals surface area contributed by atoms with Gasteiger partial charge in [-0.2, -0.15) is 19.2 Å². The van der Waals surface area contributed by atoms with Crippen molar-refractivity contribution in [2.75, 3.05) is 0 Å². The van der Waals surface area contributed by atoms with Crippen molar-refractivity contribution in [3.8, 4) is 0 Å². The molecule has 0 spiro atoms. The van der Waals surface area contributed by atoms with Gasteiger partial charge >= 0.3 is 12.3 Å². The Hall–Kier alpha value is -1.24.